The van der Waals surface area contributed by atoms with E-state index in [1.807, 2.05) is 6.92 Å². The van der Waals surface area contributed by atoms with Crippen LogP contribution in [0.15, 0.2) is 16.7 Å². The third-order valence-electron chi connectivity index (χ3n) is 3.39. The number of hydrogen-bond donors (Lipinski definition) is 2. The predicted octanol–water partition coefficient (Wildman–Crippen LogP) is 1.71. The zero-order valence-electron chi connectivity index (χ0n) is 10.5. The Bertz CT molecular complexity index is 387. The van der Waals surface area contributed by atoms with E-state index in [0.29, 0.717) is 11.6 Å². The molecule has 0 aliphatic carbocycles. The lowest BCUT2D eigenvalue weighted by Gasteiger charge is -2.30. The van der Waals surface area contributed by atoms with E-state index in [1.54, 1.807) is 12.3 Å². The molecule has 0 radical (unpaired) electrons. The minimum Gasteiger partial charge on any atom is -0.469 e. The molecule has 0 spiro atoms. The molecule has 1 fully saturated rings. The first-order chi connectivity index (χ1) is 8.22. The van der Waals surface area contributed by atoms with E-state index in [1.165, 1.54) is 0 Å². The van der Waals surface area contributed by atoms with Crippen LogP contribution in [0.4, 0.5) is 0 Å². The molecule has 0 aromatic carbocycles. The zero-order chi connectivity index (χ0) is 12.3. The molecule has 4 heteroatoms. The Labute approximate surface area is 102 Å². The van der Waals surface area contributed by atoms with Crippen LogP contribution in [-0.4, -0.2) is 24.5 Å². The van der Waals surface area contributed by atoms with Crippen molar-refractivity contribution in [2.75, 3.05) is 6.54 Å². The summed E-state index contributed by atoms with van der Waals surface area (Å²) in [6.45, 7) is 5.14. The van der Waals surface area contributed by atoms with Crippen LogP contribution in [0.3, 0.4) is 0 Å². The summed E-state index contributed by atoms with van der Waals surface area (Å²) in [7, 11) is 0. The quantitative estimate of drug-likeness (QED) is 0.840. The largest absolute Gasteiger partial charge is 0.469 e. The predicted molar refractivity (Wildman–Crippen MR) is 66.0 cm³/mol. The number of nitrogens with one attached hydrogen (secondary N) is 2. The van der Waals surface area contributed by atoms with Crippen LogP contribution in [0.1, 0.15) is 42.8 Å². The number of aryl methyl sites for hydroxylation is 1. The van der Waals surface area contributed by atoms with Crippen molar-refractivity contribution >= 4 is 5.91 Å². The fraction of sp³-hybridized carbons (Fsp3) is 0.615. The maximum Gasteiger partial charge on any atom is 0.255 e. The molecule has 2 heterocycles. The second kappa shape index (κ2) is 5.36. The highest BCUT2D eigenvalue weighted by Crippen LogP contribution is 2.13. The van der Waals surface area contributed by atoms with Crippen LogP contribution in [0.2, 0.25) is 0 Å². The Balaban J connectivity index is 2.01. The topological polar surface area (TPSA) is 54.3 Å². The van der Waals surface area contributed by atoms with Crippen molar-refractivity contribution in [1.82, 2.24) is 10.6 Å². The molecule has 1 amide bonds. The first-order valence-corrected chi connectivity index (χ1v) is 6.33. The van der Waals surface area contributed by atoms with E-state index in [4.69, 9.17) is 4.42 Å². The third-order valence-corrected chi connectivity index (χ3v) is 3.39. The van der Waals surface area contributed by atoms with Crippen molar-refractivity contribution in [3.05, 3.63) is 23.7 Å². The first kappa shape index (κ1) is 12.2. The number of piperidine rings is 1. The molecule has 2 N–H and O–H groups in total. The standard InChI is InChI=1S/C13H20N2O2/c1-3-12-10(6-8-17-12)13(16)15-11-5-4-7-14-9(11)2/h6,8-9,11,14H,3-5,7H2,1-2H3,(H,15,16). The van der Waals surface area contributed by atoms with Gasteiger partial charge in [0, 0.05) is 18.5 Å². The summed E-state index contributed by atoms with van der Waals surface area (Å²) >= 11 is 0. The van der Waals surface area contributed by atoms with Gasteiger partial charge in [0.05, 0.1) is 11.8 Å². The van der Waals surface area contributed by atoms with Crippen molar-refractivity contribution < 1.29 is 9.21 Å². The van der Waals surface area contributed by atoms with Crippen LogP contribution in [0.5, 0.6) is 0 Å². The van der Waals surface area contributed by atoms with Crippen molar-refractivity contribution in [3.63, 3.8) is 0 Å². The minimum atomic E-state index is -0.0175. The van der Waals surface area contributed by atoms with Gasteiger partial charge in [-0.2, -0.15) is 0 Å². The Morgan fingerprint density at radius 1 is 1.65 bits per heavy atom. The number of hydrogen-bond acceptors (Lipinski definition) is 3. The van der Waals surface area contributed by atoms with Gasteiger partial charge in [-0.15, -0.1) is 0 Å². The van der Waals surface area contributed by atoms with Gasteiger partial charge in [0.1, 0.15) is 5.76 Å². The van der Waals surface area contributed by atoms with E-state index in [2.05, 4.69) is 17.6 Å². The minimum absolute atomic E-state index is 0.0175. The van der Waals surface area contributed by atoms with E-state index >= 15 is 0 Å². The molecule has 1 aliphatic rings. The van der Waals surface area contributed by atoms with Gasteiger partial charge in [-0.25, -0.2) is 0 Å². The molecule has 0 saturated carbocycles. The van der Waals surface area contributed by atoms with Gasteiger partial charge in [0.2, 0.25) is 0 Å². The van der Waals surface area contributed by atoms with Gasteiger partial charge >= 0.3 is 0 Å². The Kier molecular flexibility index (Phi) is 3.84. The van der Waals surface area contributed by atoms with Crippen molar-refractivity contribution in [1.29, 1.82) is 0 Å². The van der Waals surface area contributed by atoms with Gasteiger partial charge < -0.3 is 15.1 Å². The lowest BCUT2D eigenvalue weighted by atomic mass is 9.99. The molecular weight excluding hydrogens is 216 g/mol. The second-order valence-electron chi connectivity index (χ2n) is 4.58. The van der Waals surface area contributed by atoms with E-state index in [9.17, 15) is 4.79 Å². The molecule has 4 nitrogen and oxygen atoms in total. The lowest BCUT2D eigenvalue weighted by Crippen LogP contribution is -2.51. The molecule has 1 aromatic heterocycles. The average Bonchev–Trinajstić information content (AvgIpc) is 2.80. The van der Waals surface area contributed by atoms with E-state index < -0.39 is 0 Å². The monoisotopic (exact) mass is 236 g/mol. The highest BCUT2D eigenvalue weighted by Gasteiger charge is 2.24. The number of rotatable bonds is 3. The Morgan fingerprint density at radius 3 is 3.18 bits per heavy atom. The highest BCUT2D eigenvalue weighted by atomic mass is 16.3. The van der Waals surface area contributed by atoms with E-state index in [0.717, 1.165) is 31.6 Å². The summed E-state index contributed by atoms with van der Waals surface area (Å²) in [4.78, 5) is 12.1. The molecule has 17 heavy (non-hydrogen) atoms. The SMILES string of the molecule is CCc1occc1C(=O)NC1CCCNC1C. The molecule has 2 atom stereocenters. The maximum atomic E-state index is 12.1. The average molecular weight is 236 g/mol. The summed E-state index contributed by atoms with van der Waals surface area (Å²) in [6.07, 6.45) is 4.48. The van der Waals surface area contributed by atoms with E-state index in [-0.39, 0.29) is 11.9 Å². The van der Waals surface area contributed by atoms with Crippen LogP contribution in [0.25, 0.3) is 0 Å². The van der Waals surface area contributed by atoms with Crippen LogP contribution < -0.4 is 10.6 Å². The maximum absolute atomic E-state index is 12.1. The zero-order valence-corrected chi connectivity index (χ0v) is 10.5. The summed E-state index contributed by atoms with van der Waals surface area (Å²) in [5.74, 6) is 0.745. The number of carbonyl (C=O) groups is 1. The number of amides is 1. The van der Waals surface area contributed by atoms with Gasteiger partial charge in [0.15, 0.2) is 0 Å². The summed E-state index contributed by atoms with van der Waals surface area (Å²) in [6, 6.07) is 2.30. The molecule has 2 unspecified atom stereocenters. The van der Waals surface area contributed by atoms with Crippen LogP contribution >= 0.6 is 0 Å². The number of furan rings is 1. The van der Waals surface area contributed by atoms with Crippen LogP contribution in [0, 0.1) is 0 Å². The van der Waals surface area contributed by atoms with Crippen molar-refractivity contribution in [2.45, 2.75) is 45.2 Å². The first-order valence-electron chi connectivity index (χ1n) is 6.33. The smallest absolute Gasteiger partial charge is 0.255 e. The fourth-order valence-corrected chi connectivity index (χ4v) is 2.30. The lowest BCUT2D eigenvalue weighted by molar-refractivity contribution is 0.0918. The molecule has 0 bridgehead atoms. The molecule has 94 valence electrons. The van der Waals surface area contributed by atoms with Gasteiger partial charge in [0.25, 0.3) is 5.91 Å². The second-order valence-corrected chi connectivity index (χ2v) is 4.58. The summed E-state index contributed by atoms with van der Waals surface area (Å²) in [5, 5.41) is 6.46. The third kappa shape index (κ3) is 2.69. The molecule has 1 aromatic rings. The summed E-state index contributed by atoms with van der Waals surface area (Å²) in [5.41, 5.74) is 0.672. The summed E-state index contributed by atoms with van der Waals surface area (Å²) < 4.78 is 5.27. The molecular formula is C13H20N2O2. The van der Waals surface area contributed by atoms with Crippen molar-refractivity contribution in [3.8, 4) is 0 Å². The van der Waals surface area contributed by atoms with Gasteiger partial charge in [-0.05, 0) is 32.4 Å². The normalized spacial score (nSPS) is 24.6. The van der Waals surface area contributed by atoms with Crippen molar-refractivity contribution in [2.24, 2.45) is 0 Å². The number of carbonyl (C=O) groups excluding carboxylic acids is 1. The molecule has 1 saturated heterocycles. The molecule has 2 rings (SSSR count). The fourth-order valence-electron chi connectivity index (χ4n) is 2.30. The van der Waals surface area contributed by atoms with Gasteiger partial charge in [-0.3, -0.25) is 4.79 Å². The van der Waals surface area contributed by atoms with Gasteiger partial charge in [-0.1, -0.05) is 6.92 Å². The highest BCUT2D eigenvalue weighted by molar-refractivity contribution is 5.95. The Hall–Kier alpha value is -1.29. The molecule has 1 aliphatic heterocycles. The Morgan fingerprint density at radius 2 is 2.47 bits per heavy atom. The van der Waals surface area contributed by atoms with Crippen LogP contribution in [-0.2, 0) is 6.42 Å².